The van der Waals surface area contributed by atoms with Crippen LogP contribution in [0.25, 0.3) is 0 Å². The molecule has 0 saturated heterocycles. The minimum absolute atomic E-state index is 0.00222. The van der Waals surface area contributed by atoms with Crippen LogP contribution in [-0.4, -0.2) is 30.3 Å². The van der Waals surface area contributed by atoms with Crippen LogP contribution in [0.3, 0.4) is 0 Å². The molecule has 0 aliphatic rings. The van der Waals surface area contributed by atoms with Crippen molar-refractivity contribution in [1.29, 1.82) is 0 Å². The van der Waals surface area contributed by atoms with Crippen LogP contribution in [0.1, 0.15) is 58.5 Å². The number of nitrogens with zero attached hydrogens (tertiary/aromatic N) is 2. The van der Waals surface area contributed by atoms with Gasteiger partial charge < -0.3 is 14.5 Å². The Morgan fingerprint density at radius 3 is 2.52 bits per heavy atom. The molecule has 2 atom stereocenters. The second kappa shape index (κ2) is 8.89. The van der Waals surface area contributed by atoms with E-state index in [0.717, 1.165) is 0 Å². The zero-order valence-electron chi connectivity index (χ0n) is 17.1. The number of halogens is 1. The van der Waals surface area contributed by atoms with E-state index >= 15 is 0 Å². The van der Waals surface area contributed by atoms with Crippen molar-refractivity contribution in [3.05, 3.63) is 41.5 Å². The Bertz CT molecular complexity index is 953. The number of sulfone groups is 1. The van der Waals surface area contributed by atoms with Gasteiger partial charge >= 0.3 is 11.3 Å². The molecule has 0 saturated carbocycles. The van der Waals surface area contributed by atoms with Gasteiger partial charge in [-0.05, 0) is 32.8 Å². The second-order valence-electron chi connectivity index (χ2n) is 7.77. The lowest BCUT2D eigenvalue weighted by Gasteiger charge is -2.24. The van der Waals surface area contributed by atoms with Crippen molar-refractivity contribution < 1.29 is 26.8 Å². The molecule has 0 aliphatic heterocycles. The van der Waals surface area contributed by atoms with E-state index in [1.165, 1.54) is 24.3 Å². The third-order valence-electron chi connectivity index (χ3n) is 4.14. The maximum absolute atomic E-state index is 13.8. The lowest BCUT2D eigenvalue weighted by Crippen LogP contribution is -2.37. The minimum atomic E-state index is -4.06. The van der Waals surface area contributed by atoms with Crippen LogP contribution in [0.2, 0.25) is 0 Å². The number of hydrogen-bond donors (Lipinski definition) is 1. The van der Waals surface area contributed by atoms with Gasteiger partial charge in [-0.3, -0.25) is 0 Å². The summed E-state index contributed by atoms with van der Waals surface area (Å²) in [5.41, 5.74) is -0.703. The fraction of sp³-hybridized carbons (Fsp3) is 0.526. The summed E-state index contributed by atoms with van der Waals surface area (Å²) in [5, 5.41) is 9.44. The molecule has 1 heterocycles. The molecule has 8 nitrogen and oxygen atoms in total. The van der Waals surface area contributed by atoms with Crippen molar-refractivity contribution in [3.8, 4) is 0 Å². The van der Waals surface area contributed by atoms with Crippen molar-refractivity contribution in [2.45, 2.75) is 63.7 Å². The Morgan fingerprint density at radius 2 is 1.93 bits per heavy atom. The van der Waals surface area contributed by atoms with E-state index in [1.54, 1.807) is 20.8 Å². The van der Waals surface area contributed by atoms with Gasteiger partial charge in [0.1, 0.15) is 17.5 Å². The monoisotopic (exact) mass is 427 g/mol. The van der Waals surface area contributed by atoms with Crippen molar-refractivity contribution in [1.82, 2.24) is 15.5 Å². The average Bonchev–Trinajstić information content (AvgIpc) is 3.10. The maximum atomic E-state index is 13.8. The van der Waals surface area contributed by atoms with Crippen molar-refractivity contribution in [2.24, 2.45) is 5.92 Å². The van der Waals surface area contributed by atoms with Crippen molar-refractivity contribution in [2.75, 3.05) is 0 Å². The molecule has 1 aromatic carbocycles. The predicted octanol–water partition coefficient (Wildman–Crippen LogP) is 3.79. The fourth-order valence-electron chi connectivity index (χ4n) is 2.47. The molecule has 0 bridgehead atoms. The number of ether oxygens (including phenoxy) is 1. The normalized spacial score (nSPS) is 14.3. The van der Waals surface area contributed by atoms with Crippen LogP contribution in [-0.2, 0) is 20.3 Å². The van der Waals surface area contributed by atoms with Gasteiger partial charge in [-0.1, -0.05) is 43.6 Å². The Hall–Kier alpha value is -2.49. The summed E-state index contributed by atoms with van der Waals surface area (Å²) in [5.74, 6) is -1.45. The minimum Gasteiger partial charge on any atom is -0.444 e. The fourth-order valence-corrected chi connectivity index (χ4v) is 3.62. The van der Waals surface area contributed by atoms with Crippen LogP contribution in [0.15, 0.2) is 33.9 Å². The lowest BCUT2D eigenvalue weighted by atomic mass is 9.99. The largest absolute Gasteiger partial charge is 0.444 e. The predicted molar refractivity (Wildman–Crippen MR) is 103 cm³/mol. The second-order valence-corrected chi connectivity index (χ2v) is 9.63. The number of rotatable bonds is 7. The van der Waals surface area contributed by atoms with E-state index in [9.17, 15) is 17.6 Å². The van der Waals surface area contributed by atoms with Crippen LogP contribution in [0.5, 0.6) is 0 Å². The molecule has 0 spiro atoms. The van der Waals surface area contributed by atoms with Crippen LogP contribution >= 0.6 is 0 Å². The van der Waals surface area contributed by atoms with Gasteiger partial charge in [-0.15, -0.1) is 5.10 Å². The van der Waals surface area contributed by atoms with Gasteiger partial charge in [0, 0.05) is 5.56 Å². The molecule has 0 aliphatic carbocycles. The third kappa shape index (κ3) is 6.25. The topological polar surface area (TPSA) is 111 Å². The quantitative estimate of drug-likeness (QED) is 0.715. The Balaban J connectivity index is 2.25. The van der Waals surface area contributed by atoms with E-state index in [0.29, 0.717) is 6.42 Å². The molecular weight excluding hydrogens is 401 g/mol. The summed E-state index contributed by atoms with van der Waals surface area (Å²) in [6.45, 7) is 8.93. The highest BCUT2D eigenvalue weighted by molar-refractivity contribution is 7.90. The molecule has 29 heavy (non-hydrogen) atoms. The van der Waals surface area contributed by atoms with Crippen LogP contribution < -0.4 is 5.32 Å². The first kappa shape index (κ1) is 22.8. The van der Waals surface area contributed by atoms with E-state index in [4.69, 9.17) is 9.15 Å². The first-order chi connectivity index (χ1) is 13.4. The number of aromatic nitrogens is 2. The summed E-state index contributed by atoms with van der Waals surface area (Å²) in [4.78, 5) is 12.2. The Kier molecular flexibility index (Phi) is 6.99. The molecule has 2 unspecified atom stereocenters. The highest BCUT2D eigenvalue weighted by Crippen LogP contribution is 2.26. The highest BCUT2D eigenvalue weighted by atomic mass is 32.2. The summed E-state index contributed by atoms with van der Waals surface area (Å²) in [7, 11) is -4.06. The van der Waals surface area contributed by atoms with E-state index < -0.39 is 44.4 Å². The summed E-state index contributed by atoms with van der Waals surface area (Å²) < 4.78 is 49.6. The molecule has 10 heteroatoms. The number of alkyl carbamates (subject to hydrolysis) is 1. The number of nitrogens with one attached hydrogen (secondary N) is 1. The standard InChI is InChI=1S/C19H26FN3O5S/c1-6-12(2)15(21-17(24)28-19(3,4)5)16-22-23-18(27-16)29(25,26)11-13-9-7-8-10-14(13)20/h7-10,12,15H,6,11H2,1-5H3,(H,21,24). The third-order valence-corrected chi connectivity index (χ3v) is 5.53. The highest BCUT2D eigenvalue weighted by Gasteiger charge is 2.31. The van der Waals surface area contributed by atoms with Crippen LogP contribution in [0, 0.1) is 11.7 Å². The average molecular weight is 427 g/mol. The Morgan fingerprint density at radius 1 is 1.28 bits per heavy atom. The molecular formula is C19H26FN3O5S. The van der Waals surface area contributed by atoms with E-state index in [-0.39, 0.29) is 17.4 Å². The number of amides is 1. The van der Waals surface area contributed by atoms with Crippen molar-refractivity contribution in [3.63, 3.8) is 0 Å². The van der Waals surface area contributed by atoms with Crippen LogP contribution in [0.4, 0.5) is 9.18 Å². The van der Waals surface area contributed by atoms with E-state index in [2.05, 4.69) is 15.5 Å². The molecule has 0 radical (unpaired) electrons. The number of benzene rings is 1. The van der Waals surface area contributed by atoms with Gasteiger partial charge in [-0.2, -0.15) is 0 Å². The molecule has 1 aromatic heterocycles. The molecule has 0 fully saturated rings. The lowest BCUT2D eigenvalue weighted by molar-refractivity contribution is 0.0473. The molecule has 1 amide bonds. The zero-order chi connectivity index (χ0) is 21.8. The number of hydrogen-bond acceptors (Lipinski definition) is 7. The van der Waals surface area contributed by atoms with Gasteiger partial charge in [0.25, 0.3) is 0 Å². The first-order valence-corrected chi connectivity index (χ1v) is 10.9. The zero-order valence-corrected chi connectivity index (χ0v) is 17.9. The summed E-state index contributed by atoms with van der Waals surface area (Å²) in [6.07, 6.45) is -0.0306. The molecule has 1 N–H and O–H groups in total. The summed E-state index contributed by atoms with van der Waals surface area (Å²) >= 11 is 0. The summed E-state index contributed by atoms with van der Waals surface area (Å²) in [6, 6.07) is 4.82. The van der Waals surface area contributed by atoms with Gasteiger partial charge in [0.15, 0.2) is 0 Å². The van der Waals surface area contributed by atoms with Gasteiger partial charge in [-0.25, -0.2) is 17.6 Å². The molecule has 2 rings (SSSR count). The molecule has 2 aromatic rings. The van der Waals surface area contributed by atoms with E-state index in [1.807, 2.05) is 13.8 Å². The number of carbonyl (C=O) groups is 1. The Labute approximate surface area is 169 Å². The molecule has 160 valence electrons. The SMILES string of the molecule is CCC(C)C(NC(=O)OC(C)(C)C)c1nnc(S(=O)(=O)Cc2ccccc2F)o1. The number of carbonyl (C=O) groups excluding carboxylic acids is 1. The van der Waals surface area contributed by atoms with Crippen molar-refractivity contribution >= 4 is 15.9 Å². The van der Waals surface area contributed by atoms with Gasteiger partial charge in [0.2, 0.25) is 15.7 Å². The first-order valence-electron chi connectivity index (χ1n) is 9.22. The smallest absolute Gasteiger partial charge is 0.408 e. The maximum Gasteiger partial charge on any atom is 0.408 e. The van der Waals surface area contributed by atoms with Gasteiger partial charge in [0.05, 0.1) is 5.75 Å².